The molecule has 0 amide bonds. The van der Waals surface area contributed by atoms with Crippen LogP contribution in [0, 0.1) is 5.92 Å². The van der Waals surface area contributed by atoms with E-state index in [1.807, 2.05) is 18.2 Å². The zero-order chi connectivity index (χ0) is 9.52. The number of nitrogens with two attached hydrogens (primary N) is 1. The largest absolute Gasteiger partial charge is 0.385 e. The number of hydrogen-bond acceptors (Lipinski definition) is 2. The predicted molar refractivity (Wildman–Crippen MR) is 57.8 cm³/mol. The molecule has 0 bridgehead atoms. The van der Waals surface area contributed by atoms with Gasteiger partial charge in [-0.25, -0.2) is 0 Å². The molecule has 1 aromatic rings. The zero-order valence-electron chi connectivity index (χ0n) is 8.16. The van der Waals surface area contributed by atoms with Gasteiger partial charge >= 0.3 is 0 Å². The fraction of sp³-hybridized carbons (Fsp3) is 0.455. The molecule has 1 unspecified atom stereocenters. The van der Waals surface area contributed by atoms with E-state index >= 15 is 0 Å². The summed E-state index contributed by atoms with van der Waals surface area (Å²) in [5.41, 5.74) is 6.78. The second-order valence-corrected chi connectivity index (χ2v) is 3.26. The van der Waals surface area contributed by atoms with Crippen LogP contribution in [0.2, 0.25) is 0 Å². The zero-order valence-corrected chi connectivity index (χ0v) is 8.16. The van der Waals surface area contributed by atoms with Crippen molar-refractivity contribution >= 4 is 5.69 Å². The molecular formula is C11H18N2. The van der Waals surface area contributed by atoms with Gasteiger partial charge in [0.2, 0.25) is 0 Å². The maximum Gasteiger partial charge on any atom is 0.0340 e. The summed E-state index contributed by atoms with van der Waals surface area (Å²) in [5, 5.41) is 3.37. The third kappa shape index (κ3) is 3.47. The Bertz CT molecular complexity index is 217. The van der Waals surface area contributed by atoms with Gasteiger partial charge in [-0.15, -0.1) is 0 Å². The van der Waals surface area contributed by atoms with Gasteiger partial charge in [0, 0.05) is 12.2 Å². The van der Waals surface area contributed by atoms with Crippen molar-refractivity contribution in [2.45, 2.75) is 13.3 Å². The van der Waals surface area contributed by atoms with Crippen LogP contribution in [0.5, 0.6) is 0 Å². The maximum absolute atomic E-state index is 5.61. The van der Waals surface area contributed by atoms with Crippen LogP contribution in [-0.4, -0.2) is 13.1 Å². The molecule has 0 saturated carbocycles. The molecule has 1 aromatic carbocycles. The van der Waals surface area contributed by atoms with Crippen molar-refractivity contribution in [3.63, 3.8) is 0 Å². The van der Waals surface area contributed by atoms with Gasteiger partial charge in [0.15, 0.2) is 0 Å². The van der Waals surface area contributed by atoms with Crippen LogP contribution in [-0.2, 0) is 0 Å². The third-order valence-corrected chi connectivity index (χ3v) is 2.28. The average molecular weight is 178 g/mol. The highest BCUT2D eigenvalue weighted by Crippen LogP contribution is 2.07. The number of para-hydroxylation sites is 1. The minimum absolute atomic E-state index is 0.584. The Hall–Kier alpha value is -1.02. The summed E-state index contributed by atoms with van der Waals surface area (Å²) in [5.74, 6) is 0.584. The maximum atomic E-state index is 5.61. The molecule has 13 heavy (non-hydrogen) atoms. The van der Waals surface area contributed by atoms with Gasteiger partial charge in [0.05, 0.1) is 0 Å². The van der Waals surface area contributed by atoms with E-state index in [2.05, 4.69) is 24.4 Å². The first-order valence-electron chi connectivity index (χ1n) is 4.85. The van der Waals surface area contributed by atoms with E-state index < -0.39 is 0 Å². The van der Waals surface area contributed by atoms with Crippen LogP contribution in [0.25, 0.3) is 0 Å². The molecule has 0 saturated heterocycles. The van der Waals surface area contributed by atoms with Crippen LogP contribution in [0.1, 0.15) is 13.3 Å². The van der Waals surface area contributed by atoms with E-state index in [0.717, 1.165) is 19.5 Å². The summed E-state index contributed by atoms with van der Waals surface area (Å²) in [6, 6.07) is 10.2. The molecule has 0 fully saturated rings. The minimum atomic E-state index is 0.584. The highest BCUT2D eigenvalue weighted by molar-refractivity contribution is 5.42. The van der Waals surface area contributed by atoms with E-state index in [9.17, 15) is 0 Å². The number of benzene rings is 1. The molecule has 0 aliphatic rings. The van der Waals surface area contributed by atoms with E-state index in [4.69, 9.17) is 5.73 Å². The van der Waals surface area contributed by atoms with Gasteiger partial charge in [-0.05, 0) is 24.6 Å². The van der Waals surface area contributed by atoms with E-state index in [0.29, 0.717) is 5.92 Å². The van der Waals surface area contributed by atoms with Crippen molar-refractivity contribution in [1.82, 2.24) is 0 Å². The Morgan fingerprint density at radius 3 is 2.54 bits per heavy atom. The van der Waals surface area contributed by atoms with Crippen LogP contribution in [0.3, 0.4) is 0 Å². The lowest BCUT2D eigenvalue weighted by Gasteiger charge is -2.13. The lowest BCUT2D eigenvalue weighted by Crippen LogP contribution is -2.21. The van der Waals surface area contributed by atoms with Gasteiger partial charge in [0.1, 0.15) is 0 Å². The first-order valence-corrected chi connectivity index (χ1v) is 4.85. The molecular weight excluding hydrogens is 160 g/mol. The molecule has 0 aliphatic heterocycles. The fourth-order valence-electron chi connectivity index (χ4n) is 1.21. The summed E-state index contributed by atoms with van der Waals surface area (Å²) >= 11 is 0. The molecule has 1 rings (SSSR count). The van der Waals surface area contributed by atoms with Crippen LogP contribution in [0.15, 0.2) is 30.3 Å². The molecule has 0 aromatic heterocycles. The second kappa shape index (κ2) is 5.60. The van der Waals surface area contributed by atoms with E-state index in [-0.39, 0.29) is 0 Å². The lowest BCUT2D eigenvalue weighted by atomic mass is 10.1. The summed E-state index contributed by atoms with van der Waals surface area (Å²) in [6.45, 7) is 3.90. The molecule has 72 valence electrons. The quantitative estimate of drug-likeness (QED) is 0.724. The van der Waals surface area contributed by atoms with Gasteiger partial charge in [-0.3, -0.25) is 0 Å². The number of nitrogens with one attached hydrogen (secondary N) is 1. The van der Waals surface area contributed by atoms with Crippen molar-refractivity contribution < 1.29 is 0 Å². The molecule has 2 heteroatoms. The standard InChI is InChI=1S/C11H18N2/c1-2-10(8-12)9-13-11-6-4-3-5-7-11/h3-7,10,13H,2,8-9,12H2,1H3. The van der Waals surface area contributed by atoms with E-state index in [1.54, 1.807) is 0 Å². The second-order valence-electron chi connectivity index (χ2n) is 3.26. The topological polar surface area (TPSA) is 38.0 Å². The summed E-state index contributed by atoms with van der Waals surface area (Å²) in [7, 11) is 0. The van der Waals surface area contributed by atoms with Crippen LogP contribution in [0.4, 0.5) is 5.69 Å². The van der Waals surface area contributed by atoms with Crippen molar-refractivity contribution in [2.24, 2.45) is 11.7 Å². The molecule has 0 spiro atoms. The number of rotatable bonds is 5. The molecule has 2 nitrogen and oxygen atoms in total. The first-order chi connectivity index (χ1) is 6.36. The molecule has 1 atom stereocenters. The van der Waals surface area contributed by atoms with Gasteiger partial charge < -0.3 is 11.1 Å². The Balaban J connectivity index is 2.34. The normalized spacial score (nSPS) is 12.5. The Morgan fingerprint density at radius 2 is 2.00 bits per heavy atom. The van der Waals surface area contributed by atoms with Crippen molar-refractivity contribution in [3.05, 3.63) is 30.3 Å². The Morgan fingerprint density at radius 1 is 1.31 bits per heavy atom. The van der Waals surface area contributed by atoms with Gasteiger partial charge in [0.25, 0.3) is 0 Å². The minimum Gasteiger partial charge on any atom is -0.385 e. The third-order valence-electron chi connectivity index (χ3n) is 2.28. The predicted octanol–water partition coefficient (Wildman–Crippen LogP) is 2.08. The van der Waals surface area contributed by atoms with Crippen molar-refractivity contribution in [1.29, 1.82) is 0 Å². The monoisotopic (exact) mass is 178 g/mol. The fourth-order valence-corrected chi connectivity index (χ4v) is 1.21. The highest BCUT2D eigenvalue weighted by atomic mass is 14.9. The first kappa shape index (κ1) is 10.1. The van der Waals surface area contributed by atoms with Gasteiger partial charge in [-0.1, -0.05) is 31.5 Å². The lowest BCUT2D eigenvalue weighted by molar-refractivity contribution is 0.548. The summed E-state index contributed by atoms with van der Waals surface area (Å²) in [4.78, 5) is 0. The van der Waals surface area contributed by atoms with Crippen molar-refractivity contribution in [3.8, 4) is 0 Å². The van der Waals surface area contributed by atoms with Crippen molar-refractivity contribution in [2.75, 3.05) is 18.4 Å². The Kier molecular flexibility index (Phi) is 4.33. The smallest absolute Gasteiger partial charge is 0.0340 e. The average Bonchev–Trinajstić information content (AvgIpc) is 2.21. The molecule has 0 aliphatic carbocycles. The summed E-state index contributed by atoms with van der Waals surface area (Å²) in [6.07, 6.45) is 1.14. The molecule has 3 N–H and O–H groups in total. The molecule has 0 radical (unpaired) electrons. The van der Waals surface area contributed by atoms with Gasteiger partial charge in [-0.2, -0.15) is 0 Å². The Labute approximate surface area is 80.1 Å². The van der Waals surface area contributed by atoms with Crippen LogP contribution < -0.4 is 11.1 Å². The SMILES string of the molecule is CCC(CN)CNc1ccccc1. The van der Waals surface area contributed by atoms with E-state index in [1.165, 1.54) is 5.69 Å². The number of anilines is 1. The van der Waals surface area contributed by atoms with Crippen LogP contribution >= 0.6 is 0 Å². The summed E-state index contributed by atoms with van der Waals surface area (Å²) < 4.78 is 0. The molecule has 0 heterocycles. The highest BCUT2D eigenvalue weighted by Gasteiger charge is 2.01. The number of hydrogen-bond donors (Lipinski definition) is 2.